The predicted octanol–water partition coefficient (Wildman–Crippen LogP) is 1.71. The number of ether oxygens (including phenoxy) is 3. The molecule has 0 unspecified atom stereocenters. The maximum atomic E-state index is 13.0. The van der Waals surface area contributed by atoms with Crippen molar-refractivity contribution in [1.29, 1.82) is 0 Å². The van der Waals surface area contributed by atoms with E-state index in [1.807, 2.05) is 23.7 Å². The van der Waals surface area contributed by atoms with Crippen LogP contribution in [0.25, 0.3) is 0 Å². The lowest BCUT2D eigenvalue weighted by molar-refractivity contribution is -0.136. The minimum Gasteiger partial charge on any atom is -0.486 e. The predicted molar refractivity (Wildman–Crippen MR) is 129 cm³/mol. The molecular weight excluding hydrogens is 450 g/mol. The van der Waals surface area contributed by atoms with Crippen LogP contribution < -0.4 is 9.47 Å². The van der Waals surface area contributed by atoms with Crippen molar-refractivity contribution < 1.29 is 24.1 Å². The highest BCUT2D eigenvalue weighted by Crippen LogP contribution is 2.31. The summed E-state index contributed by atoms with van der Waals surface area (Å²) in [5.74, 6) is 1.67. The molecule has 10 heteroatoms. The van der Waals surface area contributed by atoms with E-state index in [0.717, 1.165) is 29.3 Å². The summed E-state index contributed by atoms with van der Waals surface area (Å²) in [6, 6.07) is 5.80. The van der Waals surface area contributed by atoms with Gasteiger partial charge in [-0.05, 0) is 38.1 Å². The number of amides is 1. The van der Waals surface area contributed by atoms with Gasteiger partial charge in [0, 0.05) is 38.5 Å². The van der Waals surface area contributed by atoms with Gasteiger partial charge < -0.3 is 24.2 Å². The number of aromatic nitrogens is 3. The van der Waals surface area contributed by atoms with Crippen molar-refractivity contribution in [2.75, 3.05) is 40.0 Å². The van der Waals surface area contributed by atoms with Crippen molar-refractivity contribution in [2.45, 2.75) is 58.5 Å². The first kappa shape index (κ1) is 25.4. The number of rotatable bonds is 6. The number of benzene rings is 1. The standard InChI is InChI=1S/C25H37N5O5/c1-18-13-29(19(2)16-31)25(32)5-4-8-30-21(12-26-27-30)17-35-24(18)15-28(3)14-20-6-7-22-23(11-20)34-10-9-33-22/h6-7,11-12,18-19,24,31H,4-5,8-10,13-17H2,1-3H3/t18-,19+,24+/m1/s1. The molecule has 1 aromatic carbocycles. The van der Waals surface area contributed by atoms with Crippen molar-refractivity contribution in [1.82, 2.24) is 24.8 Å². The van der Waals surface area contributed by atoms with Crippen LogP contribution in [0.3, 0.4) is 0 Å². The SMILES string of the molecule is C[C@@H]1CN([C@@H](C)CO)C(=O)CCCn2nncc2CO[C@H]1CN(C)Cc1ccc2c(c1)OCCO2. The number of aliphatic hydroxyl groups excluding tert-OH is 1. The molecule has 10 nitrogen and oxygen atoms in total. The topological polar surface area (TPSA) is 102 Å². The molecule has 1 aromatic heterocycles. The first-order valence-electron chi connectivity index (χ1n) is 12.4. The molecule has 0 spiro atoms. The Kier molecular flexibility index (Phi) is 8.59. The Bertz CT molecular complexity index is 983. The summed E-state index contributed by atoms with van der Waals surface area (Å²) in [6.07, 6.45) is 2.67. The van der Waals surface area contributed by atoms with E-state index in [-0.39, 0.29) is 30.6 Å². The molecule has 0 radical (unpaired) electrons. The Morgan fingerprint density at radius 2 is 2.06 bits per heavy atom. The summed E-state index contributed by atoms with van der Waals surface area (Å²) in [5.41, 5.74) is 2.04. The zero-order valence-corrected chi connectivity index (χ0v) is 20.9. The maximum Gasteiger partial charge on any atom is 0.222 e. The first-order valence-corrected chi connectivity index (χ1v) is 12.4. The largest absolute Gasteiger partial charge is 0.486 e. The van der Waals surface area contributed by atoms with Gasteiger partial charge in [0.25, 0.3) is 0 Å². The van der Waals surface area contributed by atoms with Crippen molar-refractivity contribution >= 4 is 5.91 Å². The minimum atomic E-state index is -0.245. The molecule has 3 atom stereocenters. The first-order chi connectivity index (χ1) is 16.9. The van der Waals surface area contributed by atoms with E-state index in [9.17, 15) is 9.90 Å². The van der Waals surface area contributed by atoms with E-state index in [2.05, 4.69) is 35.2 Å². The summed E-state index contributed by atoms with van der Waals surface area (Å²) in [4.78, 5) is 17.0. The maximum absolute atomic E-state index is 13.0. The van der Waals surface area contributed by atoms with Gasteiger partial charge in [-0.3, -0.25) is 9.69 Å². The molecule has 35 heavy (non-hydrogen) atoms. The highest BCUT2D eigenvalue weighted by Gasteiger charge is 2.28. The fraction of sp³-hybridized carbons (Fsp3) is 0.640. The molecule has 192 valence electrons. The molecule has 4 rings (SSSR count). The van der Waals surface area contributed by atoms with Crippen molar-refractivity contribution in [3.63, 3.8) is 0 Å². The van der Waals surface area contributed by atoms with E-state index in [1.165, 1.54) is 0 Å². The summed E-state index contributed by atoms with van der Waals surface area (Å²) in [5, 5.41) is 18.0. The fourth-order valence-electron chi connectivity index (χ4n) is 4.62. The van der Waals surface area contributed by atoms with Crippen molar-refractivity contribution in [3.8, 4) is 11.5 Å². The number of carbonyl (C=O) groups excluding carboxylic acids is 1. The number of carbonyl (C=O) groups is 1. The summed E-state index contributed by atoms with van der Waals surface area (Å²) >= 11 is 0. The van der Waals surface area contributed by atoms with Gasteiger partial charge in [0.15, 0.2) is 11.5 Å². The number of aliphatic hydroxyl groups is 1. The molecule has 2 aliphatic rings. The van der Waals surface area contributed by atoms with Gasteiger partial charge in [-0.25, -0.2) is 4.68 Å². The second-order valence-corrected chi connectivity index (χ2v) is 9.63. The van der Waals surface area contributed by atoms with Gasteiger partial charge in [-0.15, -0.1) is 5.10 Å². The second-order valence-electron chi connectivity index (χ2n) is 9.63. The lowest BCUT2D eigenvalue weighted by Crippen LogP contribution is -2.47. The van der Waals surface area contributed by atoms with E-state index < -0.39 is 0 Å². The summed E-state index contributed by atoms with van der Waals surface area (Å²) < 4.78 is 19.6. The molecule has 2 aromatic rings. The Morgan fingerprint density at radius 1 is 1.26 bits per heavy atom. The number of hydrogen-bond acceptors (Lipinski definition) is 8. The Hall–Kier alpha value is -2.69. The third-order valence-electron chi connectivity index (χ3n) is 6.69. The molecular formula is C25H37N5O5. The average molecular weight is 488 g/mol. The monoisotopic (exact) mass is 487 g/mol. The van der Waals surface area contributed by atoms with E-state index in [4.69, 9.17) is 14.2 Å². The highest BCUT2D eigenvalue weighted by molar-refractivity contribution is 5.76. The van der Waals surface area contributed by atoms with Crippen LogP contribution >= 0.6 is 0 Å². The van der Waals surface area contributed by atoms with Gasteiger partial charge in [-0.1, -0.05) is 18.2 Å². The molecule has 1 amide bonds. The van der Waals surface area contributed by atoms with Crippen molar-refractivity contribution in [3.05, 3.63) is 35.7 Å². The van der Waals surface area contributed by atoms with Crippen LogP contribution in [0.1, 0.15) is 37.9 Å². The lowest BCUT2D eigenvalue weighted by Gasteiger charge is -2.35. The zero-order chi connectivity index (χ0) is 24.8. The zero-order valence-electron chi connectivity index (χ0n) is 20.9. The van der Waals surface area contributed by atoms with Crippen LogP contribution in [-0.4, -0.2) is 87.9 Å². The number of aryl methyl sites for hydroxylation is 1. The summed E-state index contributed by atoms with van der Waals surface area (Å²) in [6.45, 7) is 8.00. The molecule has 0 aliphatic carbocycles. The molecule has 1 N–H and O–H groups in total. The van der Waals surface area contributed by atoms with E-state index >= 15 is 0 Å². The van der Waals surface area contributed by atoms with Crippen LogP contribution in [-0.2, 0) is 29.2 Å². The minimum absolute atomic E-state index is 0.0454. The highest BCUT2D eigenvalue weighted by atomic mass is 16.6. The number of likely N-dealkylation sites (N-methyl/N-ethyl adjacent to an activating group) is 1. The molecule has 0 bridgehead atoms. The van der Waals surface area contributed by atoms with Gasteiger partial charge >= 0.3 is 0 Å². The van der Waals surface area contributed by atoms with Crippen LogP contribution in [0.5, 0.6) is 11.5 Å². The summed E-state index contributed by atoms with van der Waals surface area (Å²) in [7, 11) is 2.06. The van der Waals surface area contributed by atoms with Crippen LogP contribution in [0.2, 0.25) is 0 Å². The third-order valence-corrected chi connectivity index (χ3v) is 6.69. The third kappa shape index (κ3) is 6.50. The number of nitrogens with zero attached hydrogens (tertiary/aromatic N) is 5. The number of hydrogen-bond donors (Lipinski definition) is 1. The Labute approximate surface area is 206 Å². The van der Waals surface area contributed by atoms with Crippen molar-refractivity contribution in [2.24, 2.45) is 5.92 Å². The Morgan fingerprint density at radius 3 is 2.86 bits per heavy atom. The fourth-order valence-corrected chi connectivity index (χ4v) is 4.62. The average Bonchev–Trinajstić information content (AvgIpc) is 3.30. The van der Waals surface area contributed by atoms with Crippen LogP contribution in [0.4, 0.5) is 0 Å². The molecule has 0 saturated carbocycles. The van der Waals surface area contributed by atoms with Gasteiger partial charge in [0.2, 0.25) is 5.91 Å². The quantitative estimate of drug-likeness (QED) is 0.657. The van der Waals surface area contributed by atoms with Gasteiger partial charge in [0.05, 0.1) is 37.3 Å². The van der Waals surface area contributed by atoms with Gasteiger partial charge in [-0.2, -0.15) is 0 Å². The molecule has 0 saturated heterocycles. The lowest BCUT2D eigenvalue weighted by atomic mass is 10.0. The van der Waals surface area contributed by atoms with E-state index in [0.29, 0.717) is 52.3 Å². The normalized spacial score (nSPS) is 22.3. The van der Waals surface area contributed by atoms with E-state index in [1.54, 1.807) is 11.1 Å². The van der Waals surface area contributed by atoms with Gasteiger partial charge in [0.1, 0.15) is 13.2 Å². The number of fused-ring (bicyclic) bond motifs is 2. The Balaban J connectivity index is 1.48. The van der Waals surface area contributed by atoms with Crippen LogP contribution in [0, 0.1) is 5.92 Å². The second kappa shape index (κ2) is 11.8. The molecule has 2 aliphatic heterocycles. The molecule has 3 heterocycles. The smallest absolute Gasteiger partial charge is 0.222 e. The van der Waals surface area contributed by atoms with Crippen LogP contribution in [0.15, 0.2) is 24.4 Å². The molecule has 0 fully saturated rings.